The third kappa shape index (κ3) is 21.0. The van der Waals surface area contributed by atoms with Gasteiger partial charge in [0.15, 0.2) is 0 Å². The van der Waals surface area contributed by atoms with Gasteiger partial charge in [0, 0.05) is 19.5 Å². The Kier molecular flexibility index (Phi) is 23.6. The van der Waals surface area contributed by atoms with Gasteiger partial charge in [-0.1, -0.05) is 118 Å². The zero-order valence-electron chi connectivity index (χ0n) is 24.7. The molecule has 7 nitrogen and oxygen atoms in total. The second kappa shape index (κ2) is 24.7. The summed E-state index contributed by atoms with van der Waals surface area (Å²) in [6.45, 7) is 9.44. The van der Waals surface area contributed by atoms with E-state index >= 15 is 0 Å². The van der Waals surface area contributed by atoms with Gasteiger partial charge in [0.2, 0.25) is 17.7 Å². The first kappa shape index (κ1) is 35.4. The van der Waals surface area contributed by atoms with Gasteiger partial charge in [0.1, 0.15) is 6.04 Å². The largest absolute Gasteiger partial charge is 0.356 e. The Morgan fingerprint density at radius 1 is 0.622 bits per heavy atom. The molecule has 0 saturated carbocycles. The first-order valence-corrected chi connectivity index (χ1v) is 15.4. The van der Waals surface area contributed by atoms with Crippen molar-refractivity contribution in [3.8, 4) is 0 Å². The molecular formula is C30H60N4O3. The Morgan fingerprint density at radius 2 is 1.05 bits per heavy atom. The van der Waals surface area contributed by atoms with Crippen molar-refractivity contribution >= 4 is 17.7 Å². The first-order valence-electron chi connectivity index (χ1n) is 15.4. The van der Waals surface area contributed by atoms with E-state index < -0.39 is 12.1 Å². The SMILES string of the molecule is CCCCCCCCCCNC(=O)CC[C@H](NC(=O)[C@@H](N)C(C)C)C(=O)NCCCCCCCCCC. The summed E-state index contributed by atoms with van der Waals surface area (Å²) in [4.78, 5) is 37.7. The lowest BCUT2D eigenvalue weighted by atomic mass is 10.0. The third-order valence-electron chi connectivity index (χ3n) is 7.00. The fraction of sp³-hybridized carbons (Fsp3) is 0.900. The summed E-state index contributed by atoms with van der Waals surface area (Å²) in [5.74, 6) is -0.688. The van der Waals surface area contributed by atoms with Gasteiger partial charge in [-0.15, -0.1) is 0 Å². The zero-order valence-corrected chi connectivity index (χ0v) is 24.7. The number of hydrogen-bond donors (Lipinski definition) is 4. The van der Waals surface area contributed by atoms with E-state index in [2.05, 4.69) is 29.8 Å². The molecule has 0 heterocycles. The molecule has 7 heteroatoms. The van der Waals surface area contributed by atoms with E-state index in [1.807, 2.05) is 13.8 Å². The molecule has 37 heavy (non-hydrogen) atoms. The van der Waals surface area contributed by atoms with Crippen LogP contribution in [0.3, 0.4) is 0 Å². The number of rotatable bonds is 25. The molecule has 5 N–H and O–H groups in total. The highest BCUT2D eigenvalue weighted by Crippen LogP contribution is 2.09. The van der Waals surface area contributed by atoms with Crippen LogP contribution in [0.1, 0.15) is 143 Å². The monoisotopic (exact) mass is 524 g/mol. The molecule has 0 aromatic carbocycles. The van der Waals surface area contributed by atoms with Crippen molar-refractivity contribution < 1.29 is 14.4 Å². The van der Waals surface area contributed by atoms with Gasteiger partial charge in [0.05, 0.1) is 6.04 Å². The minimum absolute atomic E-state index is 0.0315. The van der Waals surface area contributed by atoms with Crippen molar-refractivity contribution in [3.05, 3.63) is 0 Å². The molecule has 218 valence electrons. The number of carbonyl (C=O) groups is 3. The minimum atomic E-state index is -0.750. The second-order valence-corrected chi connectivity index (χ2v) is 11.0. The number of nitrogens with one attached hydrogen (secondary N) is 3. The van der Waals surface area contributed by atoms with Gasteiger partial charge in [-0.25, -0.2) is 0 Å². The highest BCUT2D eigenvalue weighted by Gasteiger charge is 2.25. The second-order valence-electron chi connectivity index (χ2n) is 11.0. The van der Waals surface area contributed by atoms with Crippen LogP contribution in [0.4, 0.5) is 0 Å². The lowest BCUT2D eigenvalue weighted by molar-refractivity contribution is -0.130. The van der Waals surface area contributed by atoms with Crippen molar-refractivity contribution in [1.29, 1.82) is 0 Å². The molecule has 0 aromatic heterocycles. The normalized spacial score (nSPS) is 12.8. The molecule has 2 atom stereocenters. The Morgan fingerprint density at radius 3 is 1.51 bits per heavy atom. The summed E-state index contributed by atoms with van der Waals surface area (Å²) in [6.07, 6.45) is 19.8. The van der Waals surface area contributed by atoms with Crippen LogP contribution in [0.5, 0.6) is 0 Å². The topological polar surface area (TPSA) is 113 Å². The van der Waals surface area contributed by atoms with Crippen molar-refractivity contribution in [3.63, 3.8) is 0 Å². The molecule has 0 unspecified atom stereocenters. The molecule has 0 aliphatic heterocycles. The number of unbranched alkanes of at least 4 members (excludes halogenated alkanes) is 14. The molecule has 0 spiro atoms. The molecule has 0 radical (unpaired) electrons. The van der Waals surface area contributed by atoms with E-state index in [1.54, 1.807) is 0 Å². The van der Waals surface area contributed by atoms with Crippen LogP contribution >= 0.6 is 0 Å². The average molecular weight is 525 g/mol. The Balaban J connectivity index is 4.34. The molecule has 0 aliphatic carbocycles. The van der Waals surface area contributed by atoms with Crippen LogP contribution in [0.15, 0.2) is 0 Å². The Labute approximate surface area is 228 Å². The summed E-state index contributed by atoms with van der Waals surface area (Å²) in [5.41, 5.74) is 5.98. The maximum atomic E-state index is 12.8. The summed E-state index contributed by atoms with van der Waals surface area (Å²) in [5, 5.41) is 8.69. The number of amides is 3. The van der Waals surface area contributed by atoms with Crippen LogP contribution in [0.2, 0.25) is 0 Å². The van der Waals surface area contributed by atoms with Gasteiger partial charge in [0.25, 0.3) is 0 Å². The summed E-state index contributed by atoms with van der Waals surface area (Å²) < 4.78 is 0. The van der Waals surface area contributed by atoms with Crippen molar-refractivity contribution in [2.45, 2.75) is 155 Å². The van der Waals surface area contributed by atoms with Crippen molar-refractivity contribution in [1.82, 2.24) is 16.0 Å². The van der Waals surface area contributed by atoms with E-state index in [0.717, 1.165) is 25.7 Å². The van der Waals surface area contributed by atoms with Crippen LogP contribution in [0.25, 0.3) is 0 Å². The minimum Gasteiger partial charge on any atom is -0.356 e. The smallest absolute Gasteiger partial charge is 0.242 e. The third-order valence-corrected chi connectivity index (χ3v) is 7.00. The van der Waals surface area contributed by atoms with Gasteiger partial charge < -0.3 is 21.7 Å². The van der Waals surface area contributed by atoms with E-state index in [-0.39, 0.29) is 36.5 Å². The maximum Gasteiger partial charge on any atom is 0.242 e. The highest BCUT2D eigenvalue weighted by atomic mass is 16.2. The average Bonchev–Trinajstić information content (AvgIpc) is 2.88. The predicted octanol–water partition coefficient (Wildman–Crippen LogP) is 5.75. The molecular weight excluding hydrogens is 464 g/mol. The lowest BCUT2D eigenvalue weighted by Crippen LogP contribution is -2.53. The fourth-order valence-corrected chi connectivity index (χ4v) is 4.28. The van der Waals surface area contributed by atoms with Crippen LogP contribution in [0, 0.1) is 5.92 Å². The van der Waals surface area contributed by atoms with Gasteiger partial charge >= 0.3 is 0 Å². The molecule has 0 rings (SSSR count). The van der Waals surface area contributed by atoms with Crippen LogP contribution < -0.4 is 21.7 Å². The van der Waals surface area contributed by atoms with Crippen LogP contribution in [-0.2, 0) is 14.4 Å². The molecule has 0 fully saturated rings. The lowest BCUT2D eigenvalue weighted by Gasteiger charge is -2.22. The summed E-state index contributed by atoms with van der Waals surface area (Å²) >= 11 is 0. The molecule has 3 amide bonds. The highest BCUT2D eigenvalue weighted by molar-refractivity contribution is 5.90. The molecule has 0 saturated heterocycles. The first-order chi connectivity index (χ1) is 17.8. The van der Waals surface area contributed by atoms with Crippen molar-refractivity contribution in [2.75, 3.05) is 13.1 Å². The van der Waals surface area contributed by atoms with Gasteiger partial charge in [-0.3, -0.25) is 14.4 Å². The Hall–Kier alpha value is -1.63. The summed E-state index contributed by atoms with van der Waals surface area (Å²) in [7, 11) is 0. The van der Waals surface area contributed by atoms with Gasteiger partial charge in [-0.2, -0.15) is 0 Å². The van der Waals surface area contributed by atoms with Gasteiger partial charge in [-0.05, 0) is 25.2 Å². The van der Waals surface area contributed by atoms with E-state index in [0.29, 0.717) is 13.1 Å². The number of carbonyl (C=O) groups excluding carboxylic acids is 3. The number of hydrogen-bond acceptors (Lipinski definition) is 4. The standard InChI is InChI=1S/C30H60N4O3/c1-5-7-9-11-13-15-17-19-23-32-27(35)22-21-26(34-30(37)28(31)25(3)4)29(36)33-24-20-18-16-14-12-10-8-6-2/h25-26,28H,5-24,31H2,1-4H3,(H,32,35)(H,33,36)(H,34,37)/t26-,28-/m0/s1. The maximum absolute atomic E-state index is 12.8. The van der Waals surface area contributed by atoms with E-state index in [1.165, 1.54) is 77.0 Å². The van der Waals surface area contributed by atoms with E-state index in [4.69, 9.17) is 5.73 Å². The quantitative estimate of drug-likeness (QED) is 0.114. The predicted molar refractivity (Wildman–Crippen MR) is 155 cm³/mol. The molecule has 0 aliphatic rings. The molecule has 0 bridgehead atoms. The Bertz CT molecular complexity index is 583. The fourth-order valence-electron chi connectivity index (χ4n) is 4.28. The van der Waals surface area contributed by atoms with Crippen LogP contribution in [-0.4, -0.2) is 42.9 Å². The zero-order chi connectivity index (χ0) is 27.7. The summed E-state index contributed by atoms with van der Waals surface area (Å²) in [6, 6.07) is -1.43. The number of nitrogens with two attached hydrogens (primary N) is 1. The molecule has 0 aromatic rings. The van der Waals surface area contributed by atoms with E-state index in [9.17, 15) is 14.4 Å². The van der Waals surface area contributed by atoms with Crippen molar-refractivity contribution in [2.24, 2.45) is 11.7 Å².